The molecule has 2 aromatic rings. The lowest BCUT2D eigenvalue weighted by molar-refractivity contribution is -0.141. The van der Waals surface area contributed by atoms with E-state index >= 15 is 0 Å². The minimum absolute atomic E-state index is 0.0728. The maximum atomic E-state index is 12.7. The lowest BCUT2D eigenvalue weighted by atomic mass is 10.3. The van der Waals surface area contributed by atoms with E-state index in [4.69, 9.17) is 11.6 Å². The Kier molecular flexibility index (Phi) is 4.19. The number of rotatable bonds is 3. The van der Waals surface area contributed by atoms with Crippen LogP contribution in [0.2, 0.25) is 5.02 Å². The van der Waals surface area contributed by atoms with Gasteiger partial charge in [-0.2, -0.15) is 23.4 Å². The minimum Gasteiger partial charge on any atom is -0.345 e. The molecule has 0 aliphatic heterocycles. The molecule has 0 unspecified atom stereocenters. The van der Waals surface area contributed by atoms with Gasteiger partial charge in [0.1, 0.15) is 10.7 Å². The summed E-state index contributed by atoms with van der Waals surface area (Å²) in [5, 5.41) is 9.14. The molecular formula is C12H13ClF3N5O. The largest absolute Gasteiger partial charge is 0.436 e. The van der Waals surface area contributed by atoms with Crippen molar-refractivity contribution in [3.05, 3.63) is 33.9 Å². The smallest absolute Gasteiger partial charge is 0.345 e. The Morgan fingerprint density at radius 3 is 2.41 bits per heavy atom. The summed E-state index contributed by atoms with van der Waals surface area (Å²) in [4.78, 5) is 12.0. The second kappa shape index (κ2) is 5.64. The van der Waals surface area contributed by atoms with Gasteiger partial charge in [-0.25, -0.2) is 0 Å². The van der Waals surface area contributed by atoms with Crippen LogP contribution in [0.5, 0.6) is 0 Å². The Morgan fingerprint density at radius 1 is 1.32 bits per heavy atom. The van der Waals surface area contributed by atoms with Gasteiger partial charge >= 0.3 is 6.18 Å². The normalized spacial score (nSPS) is 11.8. The number of hydrogen-bond donors (Lipinski definition) is 1. The molecule has 1 amide bonds. The van der Waals surface area contributed by atoms with Gasteiger partial charge in [0, 0.05) is 19.8 Å². The van der Waals surface area contributed by atoms with Crippen LogP contribution in [0.25, 0.3) is 0 Å². The first-order chi connectivity index (χ1) is 10.1. The molecule has 120 valence electrons. The molecule has 22 heavy (non-hydrogen) atoms. The second-order valence-electron chi connectivity index (χ2n) is 4.72. The van der Waals surface area contributed by atoms with Gasteiger partial charge in [-0.1, -0.05) is 11.6 Å². The van der Waals surface area contributed by atoms with Gasteiger partial charge in [0.25, 0.3) is 5.91 Å². The fourth-order valence-corrected chi connectivity index (χ4v) is 2.25. The monoisotopic (exact) mass is 335 g/mol. The summed E-state index contributed by atoms with van der Waals surface area (Å²) < 4.78 is 40.5. The molecule has 0 saturated heterocycles. The summed E-state index contributed by atoms with van der Waals surface area (Å²) in [6.45, 7) is 1.91. The number of nitrogens with zero attached hydrogens (tertiary/aromatic N) is 4. The van der Waals surface area contributed by atoms with E-state index < -0.39 is 22.8 Å². The quantitative estimate of drug-likeness (QED) is 0.934. The molecule has 0 fully saturated rings. The van der Waals surface area contributed by atoms with E-state index in [1.807, 2.05) is 6.92 Å². The number of carbonyl (C=O) groups excluding carboxylic acids is 1. The van der Waals surface area contributed by atoms with E-state index in [1.165, 1.54) is 7.05 Å². The van der Waals surface area contributed by atoms with E-state index in [0.717, 1.165) is 10.4 Å². The molecule has 1 N–H and O–H groups in total. The van der Waals surface area contributed by atoms with E-state index in [2.05, 4.69) is 15.5 Å². The Hall–Kier alpha value is -2.03. The molecule has 0 aromatic carbocycles. The molecule has 2 rings (SSSR count). The zero-order valence-electron chi connectivity index (χ0n) is 12.0. The van der Waals surface area contributed by atoms with Crippen molar-refractivity contribution in [3.63, 3.8) is 0 Å². The fourth-order valence-electron chi connectivity index (χ4n) is 1.90. The third kappa shape index (κ3) is 3.08. The van der Waals surface area contributed by atoms with Crippen molar-refractivity contribution in [2.24, 2.45) is 14.1 Å². The molecule has 0 aliphatic rings. The Bertz CT molecular complexity index is 700. The highest BCUT2D eigenvalue weighted by molar-refractivity contribution is 6.34. The van der Waals surface area contributed by atoms with Gasteiger partial charge in [-0.15, -0.1) is 0 Å². The van der Waals surface area contributed by atoms with Crippen LogP contribution in [-0.2, 0) is 26.8 Å². The van der Waals surface area contributed by atoms with E-state index in [1.54, 1.807) is 17.8 Å². The summed E-state index contributed by atoms with van der Waals surface area (Å²) in [6.07, 6.45) is -4.72. The van der Waals surface area contributed by atoms with Crippen LogP contribution < -0.4 is 5.32 Å². The zero-order chi connectivity index (χ0) is 16.7. The first-order valence-corrected chi connectivity index (χ1v) is 6.56. The van der Waals surface area contributed by atoms with Crippen molar-refractivity contribution in [1.82, 2.24) is 24.9 Å². The van der Waals surface area contributed by atoms with Crippen LogP contribution in [0.3, 0.4) is 0 Å². The average Bonchev–Trinajstić information content (AvgIpc) is 2.87. The number of carbonyl (C=O) groups is 1. The molecule has 0 aliphatic carbocycles. The van der Waals surface area contributed by atoms with Gasteiger partial charge < -0.3 is 5.32 Å². The molecule has 0 atom stereocenters. The predicted molar refractivity (Wildman–Crippen MR) is 72.3 cm³/mol. The van der Waals surface area contributed by atoms with Crippen molar-refractivity contribution in [2.75, 3.05) is 0 Å². The fraction of sp³-hybridized carbons (Fsp3) is 0.417. The highest BCUT2D eigenvalue weighted by Crippen LogP contribution is 2.35. The van der Waals surface area contributed by atoms with Gasteiger partial charge in [-0.3, -0.25) is 14.2 Å². The van der Waals surface area contributed by atoms with Gasteiger partial charge in [0.2, 0.25) is 0 Å². The van der Waals surface area contributed by atoms with Crippen LogP contribution in [0.4, 0.5) is 13.2 Å². The minimum atomic E-state index is -4.72. The molecule has 6 nitrogen and oxygen atoms in total. The third-order valence-electron chi connectivity index (χ3n) is 3.07. The Morgan fingerprint density at radius 2 is 1.95 bits per heavy atom. The highest BCUT2D eigenvalue weighted by Gasteiger charge is 2.39. The molecule has 2 aromatic heterocycles. The Labute approximate surface area is 128 Å². The van der Waals surface area contributed by atoms with Crippen LogP contribution in [0.1, 0.15) is 27.6 Å². The molecular weight excluding hydrogens is 323 g/mol. The maximum absolute atomic E-state index is 12.7. The van der Waals surface area contributed by atoms with Crippen molar-refractivity contribution >= 4 is 17.5 Å². The number of halogens is 4. The molecule has 2 heterocycles. The molecule has 0 bridgehead atoms. The first-order valence-electron chi connectivity index (χ1n) is 6.18. The van der Waals surface area contributed by atoms with Crippen molar-refractivity contribution < 1.29 is 18.0 Å². The highest BCUT2D eigenvalue weighted by atomic mass is 35.5. The number of nitrogens with one attached hydrogen (secondary N) is 1. The molecule has 0 spiro atoms. The van der Waals surface area contributed by atoms with Crippen molar-refractivity contribution in [3.8, 4) is 0 Å². The van der Waals surface area contributed by atoms with Crippen LogP contribution >= 0.6 is 11.6 Å². The summed E-state index contributed by atoms with van der Waals surface area (Å²) in [7, 11) is 2.97. The van der Waals surface area contributed by atoms with Crippen LogP contribution in [0.15, 0.2) is 6.07 Å². The molecule has 0 saturated carbocycles. The predicted octanol–water partition coefficient (Wildman–Crippen LogP) is 2.06. The first kappa shape index (κ1) is 16.3. The number of hydrogen-bond acceptors (Lipinski definition) is 3. The van der Waals surface area contributed by atoms with E-state index in [9.17, 15) is 18.0 Å². The standard InChI is InChI=1S/C12H13ClF3N5O/c1-6-4-7(18-20(6)2)5-17-11(22)9-8(13)10(12(14,15)16)19-21(9)3/h4H,5H2,1-3H3,(H,17,22). The lowest BCUT2D eigenvalue weighted by Crippen LogP contribution is -2.25. The average molecular weight is 336 g/mol. The molecule has 10 heteroatoms. The summed E-state index contributed by atoms with van der Waals surface area (Å²) >= 11 is 5.64. The summed E-state index contributed by atoms with van der Waals surface area (Å²) in [6, 6.07) is 1.76. The third-order valence-corrected chi connectivity index (χ3v) is 3.43. The maximum Gasteiger partial charge on any atom is 0.436 e. The number of aryl methyl sites for hydroxylation is 3. The number of alkyl halides is 3. The van der Waals surface area contributed by atoms with Crippen LogP contribution in [-0.4, -0.2) is 25.5 Å². The van der Waals surface area contributed by atoms with Crippen molar-refractivity contribution in [2.45, 2.75) is 19.6 Å². The van der Waals surface area contributed by atoms with Gasteiger partial charge in [0.05, 0.1) is 12.2 Å². The molecule has 0 radical (unpaired) electrons. The lowest BCUT2D eigenvalue weighted by Gasteiger charge is -2.04. The summed E-state index contributed by atoms with van der Waals surface area (Å²) in [5.74, 6) is -0.751. The topological polar surface area (TPSA) is 64.7 Å². The van der Waals surface area contributed by atoms with E-state index in [0.29, 0.717) is 5.69 Å². The SMILES string of the molecule is Cc1cc(CNC(=O)c2c(Cl)c(C(F)(F)F)nn2C)nn1C. The zero-order valence-corrected chi connectivity index (χ0v) is 12.7. The number of amides is 1. The van der Waals surface area contributed by atoms with E-state index in [-0.39, 0.29) is 12.2 Å². The van der Waals surface area contributed by atoms with Gasteiger partial charge in [0.15, 0.2) is 5.69 Å². The van der Waals surface area contributed by atoms with Crippen molar-refractivity contribution in [1.29, 1.82) is 0 Å². The van der Waals surface area contributed by atoms with Gasteiger partial charge in [-0.05, 0) is 13.0 Å². The summed E-state index contributed by atoms with van der Waals surface area (Å²) in [5.41, 5.74) is -0.151. The Balaban J connectivity index is 2.18. The number of aromatic nitrogens is 4. The van der Waals surface area contributed by atoms with Crippen LogP contribution in [0, 0.1) is 6.92 Å². The second-order valence-corrected chi connectivity index (χ2v) is 5.09.